The van der Waals surface area contributed by atoms with Crippen LogP contribution >= 0.6 is 11.8 Å². The summed E-state index contributed by atoms with van der Waals surface area (Å²) in [5.74, 6) is 1.02. The third-order valence-electron chi connectivity index (χ3n) is 3.49. The van der Waals surface area contributed by atoms with Crippen LogP contribution in [-0.4, -0.2) is 44.8 Å². The maximum Gasteiger partial charge on any atom is 0.160 e. The number of hydrogen-bond acceptors (Lipinski definition) is 5. The molecule has 2 aromatic rings. The average molecular weight is 263 g/mol. The zero-order valence-corrected chi connectivity index (χ0v) is 11.3. The number of aromatic nitrogens is 4. The van der Waals surface area contributed by atoms with Gasteiger partial charge >= 0.3 is 0 Å². The van der Waals surface area contributed by atoms with E-state index in [0.717, 1.165) is 29.9 Å². The van der Waals surface area contributed by atoms with E-state index in [-0.39, 0.29) is 0 Å². The van der Waals surface area contributed by atoms with Gasteiger partial charge in [-0.3, -0.25) is 5.10 Å². The van der Waals surface area contributed by atoms with Crippen LogP contribution in [0, 0.1) is 0 Å². The lowest BCUT2D eigenvalue weighted by Gasteiger charge is -2.24. The molecule has 96 valence electrons. The quantitative estimate of drug-likeness (QED) is 0.899. The lowest BCUT2D eigenvalue weighted by Crippen LogP contribution is -2.30. The van der Waals surface area contributed by atoms with Gasteiger partial charge in [-0.2, -0.15) is 16.9 Å². The summed E-state index contributed by atoms with van der Waals surface area (Å²) in [7, 11) is 0. The summed E-state index contributed by atoms with van der Waals surface area (Å²) in [5.41, 5.74) is 0.824. The van der Waals surface area contributed by atoms with E-state index in [0.29, 0.717) is 5.25 Å². The van der Waals surface area contributed by atoms with Gasteiger partial charge in [0, 0.05) is 18.3 Å². The lowest BCUT2D eigenvalue weighted by atomic mass is 10.2. The standard InChI is InChI=1S/C12H17N5S/c1-18-9-4-2-3-5-17(7-9)12-10-6-15-16-11(10)13-8-14-12/h6,8-9H,2-5,7H2,1H3,(H,13,14,15,16). The lowest BCUT2D eigenvalue weighted by molar-refractivity contribution is 0.736. The SMILES string of the molecule is CSC1CCCCN(c2ncnc3[nH]ncc23)C1. The van der Waals surface area contributed by atoms with Crippen LogP contribution in [0.3, 0.4) is 0 Å². The van der Waals surface area contributed by atoms with Crippen molar-refractivity contribution in [3.05, 3.63) is 12.5 Å². The third-order valence-corrected chi connectivity index (χ3v) is 4.54. The number of hydrogen-bond donors (Lipinski definition) is 1. The van der Waals surface area contributed by atoms with Crippen molar-refractivity contribution in [3.8, 4) is 0 Å². The number of anilines is 1. The summed E-state index contributed by atoms with van der Waals surface area (Å²) < 4.78 is 0. The topological polar surface area (TPSA) is 57.7 Å². The van der Waals surface area contributed by atoms with Crippen LogP contribution in [0.1, 0.15) is 19.3 Å². The molecule has 6 heteroatoms. The predicted molar refractivity (Wildman–Crippen MR) is 75.1 cm³/mol. The van der Waals surface area contributed by atoms with Crippen molar-refractivity contribution < 1.29 is 0 Å². The van der Waals surface area contributed by atoms with E-state index in [4.69, 9.17) is 0 Å². The van der Waals surface area contributed by atoms with Gasteiger partial charge in [0.25, 0.3) is 0 Å². The van der Waals surface area contributed by atoms with E-state index >= 15 is 0 Å². The Morgan fingerprint density at radius 2 is 2.33 bits per heavy atom. The van der Waals surface area contributed by atoms with E-state index in [1.807, 2.05) is 18.0 Å². The molecule has 1 saturated heterocycles. The molecule has 5 nitrogen and oxygen atoms in total. The summed E-state index contributed by atoms with van der Waals surface area (Å²) in [6.45, 7) is 2.15. The van der Waals surface area contributed by atoms with Crippen molar-refractivity contribution in [2.45, 2.75) is 24.5 Å². The fourth-order valence-electron chi connectivity index (χ4n) is 2.49. The molecule has 0 bridgehead atoms. The number of nitrogens with one attached hydrogen (secondary N) is 1. The minimum absolute atomic E-state index is 0.699. The fourth-order valence-corrected chi connectivity index (χ4v) is 3.22. The number of fused-ring (bicyclic) bond motifs is 1. The molecule has 1 aliphatic rings. The van der Waals surface area contributed by atoms with Crippen molar-refractivity contribution in [3.63, 3.8) is 0 Å². The first-order valence-corrected chi connectivity index (χ1v) is 7.59. The van der Waals surface area contributed by atoms with Crippen LogP contribution in [0.2, 0.25) is 0 Å². The summed E-state index contributed by atoms with van der Waals surface area (Å²) in [6.07, 6.45) is 9.49. The number of rotatable bonds is 2. The Morgan fingerprint density at radius 3 is 3.22 bits per heavy atom. The number of nitrogens with zero attached hydrogens (tertiary/aromatic N) is 4. The minimum Gasteiger partial charge on any atom is -0.355 e. The second-order valence-corrected chi connectivity index (χ2v) is 5.77. The van der Waals surface area contributed by atoms with Gasteiger partial charge in [-0.15, -0.1) is 0 Å². The molecule has 1 fully saturated rings. The zero-order valence-electron chi connectivity index (χ0n) is 10.5. The molecule has 3 rings (SSSR count). The molecule has 0 spiro atoms. The minimum atomic E-state index is 0.699. The highest BCUT2D eigenvalue weighted by atomic mass is 32.2. The molecule has 2 aromatic heterocycles. The van der Waals surface area contributed by atoms with E-state index in [9.17, 15) is 0 Å². The molecular weight excluding hydrogens is 246 g/mol. The van der Waals surface area contributed by atoms with Crippen molar-refractivity contribution >= 4 is 28.6 Å². The highest BCUT2D eigenvalue weighted by molar-refractivity contribution is 7.99. The number of H-pyrrole nitrogens is 1. The van der Waals surface area contributed by atoms with Gasteiger partial charge < -0.3 is 4.90 Å². The second-order valence-electron chi connectivity index (χ2n) is 4.63. The van der Waals surface area contributed by atoms with Crippen LogP contribution in [-0.2, 0) is 0 Å². The Kier molecular flexibility index (Phi) is 3.36. The van der Waals surface area contributed by atoms with E-state index in [1.54, 1.807) is 6.33 Å². The molecular formula is C12H17N5S. The predicted octanol–water partition coefficient (Wildman–Crippen LogP) is 2.07. The third kappa shape index (κ3) is 2.16. The Bertz CT molecular complexity index is 526. The Hall–Kier alpha value is -1.30. The molecule has 3 heterocycles. The largest absolute Gasteiger partial charge is 0.355 e. The van der Waals surface area contributed by atoms with E-state index in [2.05, 4.69) is 31.3 Å². The van der Waals surface area contributed by atoms with Crippen LogP contribution in [0.25, 0.3) is 11.0 Å². The molecule has 0 aromatic carbocycles. The second kappa shape index (κ2) is 5.14. The highest BCUT2D eigenvalue weighted by Crippen LogP contribution is 2.27. The summed E-state index contributed by atoms with van der Waals surface area (Å²) in [6, 6.07) is 0. The molecule has 1 atom stereocenters. The highest BCUT2D eigenvalue weighted by Gasteiger charge is 2.20. The van der Waals surface area contributed by atoms with E-state index in [1.165, 1.54) is 19.3 Å². The molecule has 1 N–H and O–H groups in total. The van der Waals surface area contributed by atoms with Gasteiger partial charge in [0.1, 0.15) is 12.1 Å². The van der Waals surface area contributed by atoms with Gasteiger partial charge in [0.2, 0.25) is 0 Å². The average Bonchev–Trinajstić information content (AvgIpc) is 2.75. The maximum absolute atomic E-state index is 4.46. The molecule has 0 aliphatic carbocycles. The normalized spacial score (nSPS) is 21.2. The maximum atomic E-state index is 4.46. The first-order chi connectivity index (χ1) is 8.88. The van der Waals surface area contributed by atoms with Gasteiger partial charge in [0.15, 0.2) is 5.65 Å². The van der Waals surface area contributed by atoms with Crippen molar-refractivity contribution in [1.29, 1.82) is 0 Å². The zero-order chi connectivity index (χ0) is 12.4. The van der Waals surface area contributed by atoms with Gasteiger partial charge in [-0.1, -0.05) is 6.42 Å². The summed E-state index contributed by atoms with van der Waals surface area (Å²) >= 11 is 1.96. The van der Waals surface area contributed by atoms with Crippen molar-refractivity contribution in [2.24, 2.45) is 0 Å². The Balaban J connectivity index is 1.94. The van der Waals surface area contributed by atoms with E-state index < -0.39 is 0 Å². The van der Waals surface area contributed by atoms with Gasteiger partial charge in [0.05, 0.1) is 11.6 Å². The molecule has 0 saturated carbocycles. The molecule has 1 aliphatic heterocycles. The van der Waals surface area contributed by atoms with Crippen molar-refractivity contribution in [2.75, 3.05) is 24.2 Å². The Morgan fingerprint density at radius 1 is 1.39 bits per heavy atom. The number of aromatic amines is 1. The van der Waals surface area contributed by atoms with Crippen LogP contribution in [0.5, 0.6) is 0 Å². The molecule has 0 amide bonds. The summed E-state index contributed by atoms with van der Waals surface area (Å²) in [5, 5.41) is 8.69. The Labute approximate surface area is 110 Å². The van der Waals surface area contributed by atoms with Crippen LogP contribution < -0.4 is 4.90 Å². The molecule has 1 unspecified atom stereocenters. The van der Waals surface area contributed by atoms with Gasteiger partial charge in [-0.05, 0) is 19.1 Å². The van der Waals surface area contributed by atoms with Crippen LogP contribution in [0.4, 0.5) is 5.82 Å². The summed E-state index contributed by atoms with van der Waals surface area (Å²) in [4.78, 5) is 11.0. The fraction of sp³-hybridized carbons (Fsp3) is 0.583. The van der Waals surface area contributed by atoms with Gasteiger partial charge in [-0.25, -0.2) is 9.97 Å². The monoisotopic (exact) mass is 263 g/mol. The number of thioether (sulfide) groups is 1. The van der Waals surface area contributed by atoms with Crippen molar-refractivity contribution in [1.82, 2.24) is 20.2 Å². The van der Waals surface area contributed by atoms with Crippen LogP contribution in [0.15, 0.2) is 12.5 Å². The molecule has 0 radical (unpaired) electrons. The first kappa shape index (κ1) is 11.8. The smallest absolute Gasteiger partial charge is 0.160 e. The molecule has 18 heavy (non-hydrogen) atoms. The first-order valence-electron chi connectivity index (χ1n) is 6.30.